The quantitative estimate of drug-likeness (QED) is 0.891. The predicted octanol–water partition coefficient (Wildman–Crippen LogP) is 3.28. The fourth-order valence-electron chi connectivity index (χ4n) is 1.95. The highest BCUT2D eigenvalue weighted by atomic mass is 32.2. The fourth-order valence-corrected chi connectivity index (χ4v) is 3.04. The molecule has 0 radical (unpaired) electrons. The number of hydrogen-bond donors (Lipinski definition) is 1. The molecule has 4 nitrogen and oxygen atoms in total. The molecule has 0 aromatic heterocycles. The lowest BCUT2D eigenvalue weighted by Crippen LogP contribution is -2.13. The number of benzene rings is 2. The molecule has 0 bridgehead atoms. The minimum atomic E-state index is -3.59. The van der Waals surface area contributed by atoms with E-state index in [4.69, 9.17) is 4.74 Å². The van der Waals surface area contributed by atoms with Gasteiger partial charge in [0.25, 0.3) is 10.0 Å². The number of nitrogens with one attached hydrogen (secondary N) is 1. The molecular weight excluding hydrogens is 286 g/mol. The lowest BCUT2D eigenvalue weighted by Gasteiger charge is -2.10. The SMILES string of the molecule is O=S(=O)(Nc1ccccc1)c1cccc(OCC2CC2)c1. The molecule has 110 valence electrons. The summed E-state index contributed by atoms with van der Waals surface area (Å²) in [5.74, 6) is 1.23. The summed E-state index contributed by atoms with van der Waals surface area (Å²) in [5, 5.41) is 0. The maximum absolute atomic E-state index is 12.3. The normalized spacial score (nSPS) is 14.7. The molecule has 0 spiro atoms. The second-order valence-electron chi connectivity index (χ2n) is 5.20. The Labute approximate surface area is 124 Å². The van der Waals surface area contributed by atoms with E-state index in [9.17, 15) is 8.42 Å². The van der Waals surface area contributed by atoms with E-state index in [-0.39, 0.29) is 4.90 Å². The van der Waals surface area contributed by atoms with Crippen LogP contribution in [0.25, 0.3) is 0 Å². The Kier molecular flexibility index (Phi) is 3.84. The average molecular weight is 303 g/mol. The Morgan fingerprint density at radius 1 is 1.05 bits per heavy atom. The van der Waals surface area contributed by atoms with Gasteiger partial charge >= 0.3 is 0 Å². The van der Waals surface area contributed by atoms with Crippen molar-refractivity contribution < 1.29 is 13.2 Å². The van der Waals surface area contributed by atoms with Gasteiger partial charge in [-0.2, -0.15) is 0 Å². The van der Waals surface area contributed by atoms with Crippen LogP contribution in [0, 0.1) is 5.92 Å². The zero-order chi connectivity index (χ0) is 14.7. The number of para-hydroxylation sites is 1. The first-order chi connectivity index (χ1) is 10.1. The smallest absolute Gasteiger partial charge is 0.262 e. The molecule has 0 unspecified atom stereocenters. The molecular formula is C16H17NO3S. The van der Waals surface area contributed by atoms with Crippen molar-refractivity contribution in [3.8, 4) is 5.75 Å². The lowest BCUT2D eigenvalue weighted by molar-refractivity contribution is 0.299. The Morgan fingerprint density at radius 3 is 2.52 bits per heavy atom. The highest BCUT2D eigenvalue weighted by molar-refractivity contribution is 7.92. The molecule has 0 heterocycles. The molecule has 2 aromatic rings. The molecule has 5 heteroatoms. The molecule has 1 N–H and O–H groups in total. The Hall–Kier alpha value is -2.01. The number of sulfonamides is 1. The first-order valence-corrected chi connectivity index (χ1v) is 8.42. The summed E-state index contributed by atoms with van der Waals surface area (Å²) in [5.41, 5.74) is 0.543. The summed E-state index contributed by atoms with van der Waals surface area (Å²) in [6.45, 7) is 0.662. The number of rotatable bonds is 6. The summed E-state index contributed by atoms with van der Waals surface area (Å²) >= 11 is 0. The first-order valence-electron chi connectivity index (χ1n) is 6.94. The van der Waals surface area contributed by atoms with Gasteiger partial charge in [-0.05, 0) is 43.0 Å². The van der Waals surface area contributed by atoms with Crippen LogP contribution in [0.1, 0.15) is 12.8 Å². The average Bonchev–Trinajstić information content (AvgIpc) is 3.30. The molecule has 0 aliphatic heterocycles. The topological polar surface area (TPSA) is 55.4 Å². The highest BCUT2D eigenvalue weighted by Gasteiger charge is 2.22. The van der Waals surface area contributed by atoms with Crippen LogP contribution in [0.4, 0.5) is 5.69 Å². The van der Waals surface area contributed by atoms with Crippen LogP contribution < -0.4 is 9.46 Å². The monoisotopic (exact) mass is 303 g/mol. The summed E-state index contributed by atoms with van der Waals surface area (Å²) in [7, 11) is -3.59. The largest absolute Gasteiger partial charge is 0.493 e. The molecule has 1 saturated carbocycles. The minimum Gasteiger partial charge on any atom is -0.493 e. The van der Waals surface area contributed by atoms with Crippen molar-refractivity contribution >= 4 is 15.7 Å². The van der Waals surface area contributed by atoms with Crippen molar-refractivity contribution in [2.45, 2.75) is 17.7 Å². The zero-order valence-corrected chi connectivity index (χ0v) is 12.3. The Balaban J connectivity index is 1.76. The van der Waals surface area contributed by atoms with Crippen molar-refractivity contribution in [3.05, 3.63) is 54.6 Å². The van der Waals surface area contributed by atoms with E-state index in [0.29, 0.717) is 24.0 Å². The van der Waals surface area contributed by atoms with Crippen LogP contribution >= 0.6 is 0 Å². The van der Waals surface area contributed by atoms with Crippen molar-refractivity contribution in [3.63, 3.8) is 0 Å². The molecule has 1 aliphatic carbocycles. The molecule has 0 amide bonds. The first kappa shape index (κ1) is 13.9. The van der Waals surface area contributed by atoms with Crippen LogP contribution in [0.3, 0.4) is 0 Å². The van der Waals surface area contributed by atoms with Gasteiger partial charge in [0.2, 0.25) is 0 Å². The van der Waals surface area contributed by atoms with Gasteiger partial charge in [0.05, 0.1) is 11.5 Å². The van der Waals surface area contributed by atoms with E-state index in [0.717, 1.165) is 0 Å². The van der Waals surface area contributed by atoms with Crippen molar-refractivity contribution in [1.82, 2.24) is 0 Å². The molecule has 21 heavy (non-hydrogen) atoms. The second kappa shape index (κ2) is 5.77. The number of anilines is 1. The second-order valence-corrected chi connectivity index (χ2v) is 6.88. The van der Waals surface area contributed by atoms with E-state index < -0.39 is 10.0 Å². The van der Waals surface area contributed by atoms with Crippen LogP contribution in [-0.2, 0) is 10.0 Å². The maximum Gasteiger partial charge on any atom is 0.262 e. The van der Waals surface area contributed by atoms with E-state index in [1.165, 1.54) is 12.8 Å². The van der Waals surface area contributed by atoms with Crippen molar-refractivity contribution in [1.29, 1.82) is 0 Å². The zero-order valence-electron chi connectivity index (χ0n) is 11.5. The van der Waals surface area contributed by atoms with Crippen LogP contribution in [0.5, 0.6) is 5.75 Å². The van der Waals surface area contributed by atoms with Gasteiger partial charge in [-0.3, -0.25) is 4.72 Å². The third kappa shape index (κ3) is 3.76. The Bertz CT molecular complexity index is 709. The molecule has 2 aromatic carbocycles. The van der Waals surface area contributed by atoms with Crippen molar-refractivity contribution in [2.75, 3.05) is 11.3 Å². The van der Waals surface area contributed by atoms with E-state index in [1.54, 1.807) is 48.5 Å². The Morgan fingerprint density at radius 2 is 1.81 bits per heavy atom. The van der Waals surface area contributed by atoms with Crippen LogP contribution in [-0.4, -0.2) is 15.0 Å². The molecule has 0 atom stereocenters. The fraction of sp³-hybridized carbons (Fsp3) is 0.250. The van der Waals surface area contributed by atoms with Gasteiger partial charge in [-0.15, -0.1) is 0 Å². The molecule has 1 fully saturated rings. The van der Waals surface area contributed by atoms with Gasteiger partial charge in [0.15, 0.2) is 0 Å². The summed E-state index contributed by atoms with van der Waals surface area (Å²) in [6, 6.07) is 15.4. The van der Waals surface area contributed by atoms with Gasteiger partial charge in [-0.25, -0.2) is 8.42 Å². The highest BCUT2D eigenvalue weighted by Crippen LogP contribution is 2.30. The van der Waals surface area contributed by atoms with Gasteiger partial charge in [0, 0.05) is 11.8 Å². The summed E-state index contributed by atoms with van der Waals surface area (Å²) < 4.78 is 32.9. The molecule has 0 saturated heterocycles. The number of hydrogen-bond acceptors (Lipinski definition) is 3. The maximum atomic E-state index is 12.3. The molecule has 3 rings (SSSR count). The minimum absolute atomic E-state index is 0.208. The van der Waals surface area contributed by atoms with Gasteiger partial charge in [-0.1, -0.05) is 24.3 Å². The van der Waals surface area contributed by atoms with E-state index in [1.807, 2.05) is 6.07 Å². The van der Waals surface area contributed by atoms with Crippen LogP contribution in [0.15, 0.2) is 59.5 Å². The van der Waals surface area contributed by atoms with E-state index >= 15 is 0 Å². The third-order valence-corrected chi connectivity index (χ3v) is 4.70. The van der Waals surface area contributed by atoms with Gasteiger partial charge < -0.3 is 4.74 Å². The molecule has 1 aliphatic rings. The standard InChI is InChI=1S/C16H17NO3S/c18-21(19,17-14-5-2-1-3-6-14)16-8-4-7-15(11-16)20-12-13-9-10-13/h1-8,11,13,17H,9-10,12H2. The van der Waals surface area contributed by atoms with Crippen LogP contribution in [0.2, 0.25) is 0 Å². The third-order valence-electron chi connectivity index (χ3n) is 3.32. The lowest BCUT2D eigenvalue weighted by atomic mass is 10.3. The van der Waals surface area contributed by atoms with E-state index in [2.05, 4.69) is 4.72 Å². The predicted molar refractivity (Wildman–Crippen MR) is 81.9 cm³/mol. The number of ether oxygens (including phenoxy) is 1. The summed E-state index contributed by atoms with van der Waals surface area (Å²) in [6.07, 6.45) is 2.40. The van der Waals surface area contributed by atoms with Gasteiger partial charge in [0.1, 0.15) is 5.75 Å². The van der Waals surface area contributed by atoms with Crippen molar-refractivity contribution in [2.24, 2.45) is 5.92 Å². The summed E-state index contributed by atoms with van der Waals surface area (Å²) in [4.78, 5) is 0.208.